The molecule has 0 spiro atoms. The summed E-state index contributed by atoms with van der Waals surface area (Å²) in [5.74, 6) is -0.116. The zero-order chi connectivity index (χ0) is 26.0. The number of anilines is 1. The van der Waals surface area contributed by atoms with E-state index in [-0.39, 0.29) is 46.2 Å². The van der Waals surface area contributed by atoms with E-state index in [1.165, 1.54) is 50.4 Å². The van der Waals surface area contributed by atoms with Crippen molar-refractivity contribution in [1.82, 2.24) is 24.3 Å². The zero-order valence-corrected chi connectivity index (χ0v) is 20.6. The third-order valence-electron chi connectivity index (χ3n) is 5.31. The fourth-order valence-corrected chi connectivity index (χ4v) is 4.43. The standard InChI is InChI=1S/C22H23N7O6S/c1-13(20(31)15-11-28(2)12-23-15)36(32,33)27-22-26-25-21(14-7-5-10-18(24-14)35-4)29(22)19-16(30)8-6-9-17(19)34-3/h6,8-13,20,30-31H,1-4H3,(H,26,27)/t13-,20-/m1/s1. The van der Waals surface area contributed by atoms with Crippen molar-refractivity contribution in [2.75, 3.05) is 18.9 Å². The molecule has 0 unspecified atom stereocenters. The van der Waals surface area contributed by atoms with Gasteiger partial charge in [0.05, 0.1) is 32.3 Å². The molecule has 3 aromatic rings. The molecule has 1 aliphatic rings. The minimum absolute atomic E-state index is 0.0144. The van der Waals surface area contributed by atoms with Gasteiger partial charge in [0, 0.05) is 13.2 Å². The molecular formula is C22H23N7O6S. The van der Waals surface area contributed by atoms with Crippen LogP contribution < -0.4 is 9.46 Å². The summed E-state index contributed by atoms with van der Waals surface area (Å²) in [5.41, 5.74) is 5.87. The van der Waals surface area contributed by atoms with Crippen molar-refractivity contribution in [3.8, 4) is 17.2 Å². The molecule has 3 N–H and O–H groups in total. The number of sulfonamides is 1. The van der Waals surface area contributed by atoms with Gasteiger partial charge >= 0.3 is 0 Å². The van der Waals surface area contributed by atoms with Crippen LogP contribution in [0.1, 0.15) is 24.5 Å². The summed E-state index contributed by atoms with van der Waals surface area (Å²) in [6.07, 6.45) is 3.00. The molecule has 1 aliphatic heterocycles. The number of phenols is 1. The SMILES string of the molecule is COC1=NC(c2nnc(NS(=O)(=O)[C@H](C)[C@@H](O)c3cn(C)cn3)n2-c2c(O)cccc2OC)=C=C=C1. The van der Waals surface area contributed by atoms with Crippen LogP contribution >= 0.6 is 0 Å². The van der Waals surface area contributed by atoms with Crippen molar-refractivity contribution in [3.05, 3.63) is 59.8 Å². The molecule has 0 radical (unpaired) electrons. The molecule has 188 valence electrons. The maximum absolute atomic E-state index is 13.3. The van der Waals surface area contributed by atoms with Gasteiger partial charge in [-0.2, -0.15) is 0 Å². The summed E-state index contributed by atoms with van der Waals surface area (Å²) in [7, 11) is 0.257. The van der Waals surface area contributed by atoms with Crippen LogP contribution in [0.3, 0.4) is 0 Å². The maximum Gasteiger partial charge on any atom is 0.243 e. The van der Waals surface area contributed by atoms with Crippen molar-refractivity contribution in [2.24, 2.45) is 12.0 Å². The summed E-state index contributed by atoms with van der Waals surface area (Å²) in [6.45, 7) is 1.33. The molecule has 0 amide bonds. The van der Waals surface area contributed by atoms with Crippen LogP contribution in [0, 0.1) is 0 Å². The predicted molar refractivity (Wildman–Crippen MR) is 129 cm³/mol. The zero-order valence-electron chi connectivity index (χ0n) is 19.7. The number of nitrogens with one attached hydrogen (secondary N) is 1. The number of ether oxygens (including phenoxy) is 2. The second-order valence-electron chi connectivity index (χ2n) is 7.69. The van der Waals surface area contributed by atoms with E-state index in [1.807, 2.05) is 0 Å². The Morgan fingerprint density at radius 2 is 1.97 bits per heavy atom. The number of methoxy groups -OCH3 is 2. The van der Waals surface area contributed by atoms with Crippen molar-refractivity contribution >= 4 is 27.6 Å². The van der Waals surface area contributed by atoms with Crippen LogP contribution in [-0.4, -0.2) is 68.3 Å². The molecule has 0 saturated carbocycles. The second kappa shape index (κ2) is 9.72. The number of aliphatic hydroxyl groups is 1. The molecule has 13 nitrogen and oxygen atoms in total. The van der Waals surface area contributed by atoms with Gasteiger partial charge in [-0.05, 0) is 24.8 Å². The molecular weight excluding hydrogens is 490 g/mol. The van der Waals surface area contributed by atoms with Gasteiger partial charge in [0.25, 0.3) is 0 Å². The van der Waals surface area contributed by atoms with Gasteiger partial charge in [-0.25, -0.2) is 18.4 Å². The van der Waals surface area contributed by atoms with E-state index in [9.17, 15) is 18.6 Å². The van der Waals surface area contributed by atoms with Crippen molar-refractivity contribution < 1.29 is 28.1 Å². The molecule has 2 atom stereocenters. The molecule has 3 heterocycles. The molecule has 36 heavy (non-hydrogen) atoms. The number of rotatable bonds is 8. The number of aliphatic hydroxyl groups excluding tert-OH is 1. The number of hydrogen-bond acceptors (Lipinski definition) is 10. The number of phenolic OH excluding ortho intramolecular Hbond substituents is 1. The first-order chi connectivity index (χ1) is 17.2. The molecule has 2 aromatic heterocycles. The first-order valence-electron chi connectivity index (χ1n) is 10.5. The lowest BCUT2D eigenvalue weighted by molar-refractivity contribution is 0.172. The number of imidazole rings is 1. The highest BCUT2D eigenvalue weighted by molar-refractivity contribution is 7.93. The summed E-state index contributed by atoms with van der Waals surface area (Å²) in [5, 5.41) is 28.1. The molecule has 4 rings (SSSR count). The first-order valence-corrected chi connectivity index (χ1v) is 12.0. The monoisotopic (exact) mass is 513 g/mol. The fraction of sp³-hybridized carbons (Fsp3) is 0.273. The summed E-state index contributed by atoms with van der Waals surface area (Å²) < 4.78 is 42.2. The quantitative estimate of drug-likeness (QED) is 0.376. The van der Waals surface area contributed by atoms with E-state index < -0.39 is 21.4 Å². The first kappa shape index (κ1) is 24.8. The highest BCUT2D eigenvalue weighted by Crippen LogP contribution is 2.36. The summed E-state index contributed by atoms with van der Waals surface area (Å²) in [6, 6.07) is 4.52. The average Bonchev–Trinajstić information content (AvgIpc) is 3.48. The maximum atomic E-state index is 13.3. The molecule has 14 heteroatoms. The van der Waals surface area contributed by atoms with Gasteiger partial charge < -0.3 is 24.3 Å². The van der Waals surface area contributed by atoms with Crippen LogP contribution in [0.25, 0.3) is 11.4 Å². The number of benzene rings is 1. The lowest BCUT2D eigenvalue weighted by Gasteiger charge is -2.20. The van der Waals surface area contributed by atoms with Crippen molar-refractivity contribution in [3.63, 3.8) is 0 Å². The minimum Gasteiger partial charge on any atom is -0.506 e. The second-order valence-corrected chi connectivity index (χ2v) is 9.73. The van der Waals surface area contributed by atoms with E-state index in [2.05, 4.69) is 36.4 Å². The fourth-order valence-electron chi connectivity index (χ4n) is 3.38. The average molecular weight is 514 g/mol. The van der Waals surface area contributed by atoms with E-state index in [0.29, 0.717) is 0 Å². The normalized spacial score (nSPS) is 14.7. The van der Waals surface area contributed by atoms with Gasteiger partial charge in [0.2, 0.25) is 21.9 Å². The Morgan fingerprint density at radius 1 is 1.19 bits per heavy atom. The Kier molecular flexibility index (Phi) is 6.69. The van der Waals surface area contributed by atoms with Crippen molar-refractivity contribution in [1.29, 1.82) is 0 Å². The van der Waals surface area contributed by atoms with Crippen LogP contribution in [0.4, 0.5) is 5.95 Å². The van der Waals surface area contributed by atoms with E-state index in [1.54, 1.807) is 23.7 Å². The number of para-hydroxylation sites is 1. The third kappa shape index (κ3) is 4.61. The predicted octanol–water partition coefficient (Wildman–Crippen LogP) is 1.29. The number of aliphatic imine (C=N–C) groups is 1. The molecule has 0 aliphatic carbocycles. The lowest BCUT2D eigenvalue weighted by Crippen LogP contribution is -2.32. The van der Waals surface area contributed by atoms with Gasteiger partial charge in [0.1, 0.15) is 28.5 Å². The Balaban J connectivity index is 1.83. The smallest absolute Gasteiger partial charge is 0.243 e. The highest BCUT2D eigenvalue weighted by Gasteiger charge is 2.33. The van der Waals surface area contributed by atoms with Gasteiger partial charge in [0.15, 0.2) is 11.5 Å². The Labute approximate surface area is 206 Å². The minimum atomic E-state index is -4.25. The summed E-state index contributed by atoms with van der Waals surface area (Å²) in [4.78, 5) is 8.29. The van der Waals surface area contributed by atoms with E-state index in [0.717, 1.165) is 0 Å². The van der Waals surface area contributed by atoms with Gasteiger partial charge in [-0.3, -0.25) is 9.29 Å². The van der Waals surface area contributed by atoms with Crippen LogP contribution in [0.15, 0.2) is 53.3 Å². The largest absolute Gasteiger partial charge is 0.506 e. The van der Waals surface area contributed by atoms with Crippen LogP contribution in [0.2, 0.25) is 0 Å². The molecule has 0 fully saturated rings. The highest BCUT2D eigenvalue weighted by atomic mass is 32.2. The van der Waals surface area contributed by atoms with Gasteiger partial charge in [-0.15, -0.1) is 10.2 Å². The Bertz CT molecular complexity index is 1540. The topological polar surface area (TPSA) is 166 Å². The van der Waals surface area contributed by atoms with Crippen molar-refractivity contribution in [2.45, 2.75) is 18.3 Å². The molecule has 1 aromatic carbocycles. The van der Waals surface area contributed by atoms with E-state index in [4.69, 9.17) is 9.47 Å². The van der Waals surface area contributed by atoms with Gasteiger partial charge in [-0.1, -0.05) is 11.8 Å². The lowest BCUT2D eigenvalue weighted by atomic mass is 10.2. The third-order valence-corrected chi connectivity index (χ3v) is 7.01. The number of nitrogens with zero attached hydrogens (tertiary/aromatic N) is 6. The number of aromatic hydroxyl groups is 1. The Hall–Kier alpha value is -4.35. The molecule has 0 saturated heterocycles. The van der Waals surface area contributed by atoms with Crippen LogP contribution in [0.5, 0.6) is 11.5 Å². The number of hydrogen-bond donors (Lipinski definition) is 3. The summed E-state index contributed by atoms with van der Waals surface area (Å²) >= 11 is 0. The van der Waals surface area contributed by atoms with E-state index >= 15 is 0 Å². The Morgan fingerprint density at radius 3 is 2.64 bits per heavy atom. The molecule has 0 bridgehead atoms. The number of aryl methyl sites for hydroxylation is 1. The number of aromatic nitrogens is 5. The van der Waals surface area contributed by atoms with Crippen LogP contribution in [-0.2, 0) is 21.8 Å².